The molecule has 1 aromatic carbocycles. The fraction of sp³-hybridized carbons (Fsp3) is 0.357. The molecule has 0 radical (unpaired) electrons. The molecule has 2 aliphatic rings. The molecule has 0 saturated heterocycles. The Morgan fingerprint density at radius 3 is 2.67 bits per heavy atom. The van der Waals surface area contributed by atoms with E-state index >= 15 is 0 Å². The molecule has 4 heteroatoms. The largest absolute Gasteiger partial charge is 0.318 e. The lowest BCUT2D eigenvalue weighted by atomic mass is 9.73. The van der Waals surface area contributed by atoms with E-state index in [2.05, 4.69) is 0 Å². The average molecular weight is 240 g/mol. The molecule has 2 aliphatic carbocycles. The summed E-state index contributed by atoms with van der Waals surface area (Å²) in [5.74, 6) is -0.469. The van der Waals surface area contributed by atoms with E-state index < -0.39 is 5.54 Å². The third-order valence-electron chi connectivity index (χ3n) is 4.22. The summed E-state index contributed by atoms with van der Waals surface area (Å²) in [6.07, 6.45) is 4.59. The number of fused-ring (bicyclic) bond motifs is 2. The number of nitrogens with zero attached hydrogens (tertiary/aromatic N) is 2. The van der Waals surface area contributed by atoms with Gasteiger partial charge in [0, 0.05) is 4.92 Å². The second-order valence-electron chi connectivity index (χ2n) is 4.97. The maximum absolute atomic E-state index is 11.5. The van der Waals surface area contributed by atoms with Gasteiger partial charge in [-0.1, -0.05) is 42.5 Å². The van der Waals surface area contributed by atoms with Gasteiger partial charge in [-0.25, -0.2) is 0 Å². The summed E-state index contributed by atoms with van der Waals surface area (Å²) < 4.78 is 0. The molecule has 3 rings (SSSR count). The van der Waals surface area contributed by atoms with E-state index in [0.717, 1.165) is 5.56 Å². The average Bonchev–Trinajstić information content (AvgIpc) is 2.98. The van der Waals surface area contributed by atoms with Crippen LogP contribution in [0.1, 0.15) is 17.9 Å². The number of allylic oxidation sites excluding steroid dienone is 1. The van der Waals surface area contributed by atoms with Gasteiger partial charge in [0.25, 0.3) is 0 Å². The Labute approximate surface area is 105 Å². The summed E-state index contributed by atoms with van der Waals surface area (Å²) in [7, 11) is 0. The van der Waals surface area contributed by atoms with Crippen LogP contribution in [0, 0.1) is 33.3 Å². The van der Waals surface area contributed by atoms with Gasteiger partial charge in [-0.15, -0.1) is 0 Å². The number of rotatable bonds is 2. The van der Waals surface area contributed by atoms with E-state index in [1.165, 1.54) is 0 Å². The predicted molar refractivity (Wildman–Crippen MR) is 65.3 cm³/mol. The van der Waals surface area contributed by atoms with Crippen molar-refractivity contribution in [2.45, 2.75) is 17.9 Å². The number of nitriles is 1. The molecule has 1 fully saturated rings. The van der Waals surface area contributed by atoms with Crippen molar-refractivity contribution in [3.63, 3.8) is 0 Å². The fourth-order valence-electron chi connectivity index (χ4n) is 3.46. The molecule has 90 valence electrons. The number of hydrogen-bond donors (Lipinski definition) is 0. The van der Waals surface area contributed by atoms with Crippen LogP contribution in [0.15, 0.2) is 42.5 Å². The van der Waals surface area contributed by atoms with Crippen LogP contribution in [-0.4, -0.2) is 10.5 Å². The molecule has 1 saturated carbocycles. The molecule has 0 aliphatic heterocycles. The first-order valence-electron chi connectivity index (χ1n) is 5.99. The van der Waals surface area contributed by atoms with Crippen LogP contribution in [0.5, 0.6) is 0 Å². The summed E-state index contributed by atoms with van der Waals surface area (Å²) in [6.45, 7) is 0. The highest BCUT2D eigenvalue weighted by Gasteiger charge is 2.66. The van der Waals surface area contributed by atoms with Crippen LogP contribution < -0.4 is 0 Å². The van der Waals surface area contributed by atoms with Crippen molar-refractivity contribution in [3.8, 4) is 6.07 Å². The van der Waals surface area contributed by atoms with Crippen LogP contribution in [0.25, 0.3) is 0 Å². The zero-order valence-corrected chi connectivity index (χ0v) is 9.69. The first kappa shape index (κ1) is 11.0. The Morgan fingerprint density at radius 1 is 1.33 bits per heavy atom. The van der Waals surface area contributed by atoms with Crippen LogP contribution in [-0.2, 0) is 0 Å². The molecule has 2 bridgehead atoms. The van der Waals surface area contributed by atoms with Crippen molar-refractivity contribution in [1.29, 1.82) is 5.26 Å². The summed E-state index contributed by atoms with van der Waals surface area (Å²) in [5.41, 5.74) is -0.589. The van der Waals surface area contributed by atoms with E-state index in [-0.39, 0.29) is 22.7 Å². The summed E-state index contributed by atoms with van der Waals surface area (Å²) >= 11 is 0. The summed E-state index contributed by atoms with van der Waals surface area (Å²) in [6, 6.07) is 11.4. The van der Waals surface area contributed by atoms with Gasteiger partial charge in [0.15, 0.2) is 0 Å². The minimum Gasteiger partial charge on any atom is -0.263 e. The maximum atomic E-state index is 11.5. The fourth-order valence-corrected chi connectivity index (χ4v) is 3.46. The smallest absolute Gasteiger partial charge is 0.263 e. The molecule has 4 atom stereocenters. The standard InChI is InChI=1S/C14H12N2O2/c15-9-14(16(17)18)12-7-6-11(8-12)13(14)10-4-2-1-3-5-10/h1-7,11-13H,8H2. The number of hydrogen-bond acceptors (Lipinski definition) is 3. The molecule has 0 amide bonds. The molecular weight excluding hydrogens is 228 g/mol. The minimum atomic E-state index is -1.49. The third kappa shape index (κ3) is 1.19. The van der Waals surface area contributed by atoms with Crippen molar-refractivity contribution in [2.24, 2.45) is 11.8 Å². The van der Waals surface area contributed by atoms with E-state index in [4.69, 9.17) is 0 Å². The summed E-state index contributed by atoms with van der Waals surface area (Å²) in [4.78, 5) is 11.1. The first-order chi connectivity index (χ1) is 8.70. The third-order valence-corrected chi connectivity index (χ3v) is 4.22. The van der Waals surface area contributed by atoms with Crippen LogP contribution in [0.4, 0.5) is 0 Å². The Balaban J connectivity index is 2.16. The van der Waals surface area contributed by atoms with Gasteiger partial charge >= 0.3 is 5.54 Å². The van der Waals surface area contributed by atoms with Crippen LogP contribution in [0.3, 0.4) is 0 Å². The van der Waals surface area contributed by atoms with Gasteiger partial charge in [0.05, 0.1) is 11.8 Å². The van der Waals surface area contributed by atoms with E-state index in [1.54, 1.807) is 0 Å². The highest BCUT2D eigenvalue weighted by atomic mass is 16.6. The highest BCUT2D eigenvalue weighted by Crippen LogP contribution is 2.56. The zero-order chi connectivity index (χ0) is 12.8. The van der Waals surface area contributed by atoms with Gasteiger partial charge < -0.3 is 0 Å². The van der Waals surface area contributed by atoms with Crippen molar-refractivity contribution >= 4 is 0 Å². The molecule has 0 heterocycles. The van der Waals surface area contributed by atoms with Gasteiger partial charge in [-0.05, 0) is 17.9 Å². The highest BCUT2D eigenvalue weighted by molar-refractivity contribution is 5.38. The van der Waals surface area contributed by atoms with Gasteiger partial charge in [-0.2, -0.15) is 5.26 Å². The lowest BCUT2D eigenvalue weighted by Gasteiger charge is -2.28. The zero-order valence-electron chi connectivity index (χ0n) is 9.69. The molecule has 0 spiro atoms. The van der Waals surface area contributed by atoms with E-state index in [1.807, 2.05) is 48.6 Å². The molecule has 0 aromatic heterocycles. The quantitative estimate of drug-likeness (QED) is 0.453. The second-order valence-corrected chi connectivity index (χ2v) is 4.97. The molecular formula is C14H12N2O2. The molecule has 4 unspecified atom stereocenters. The maximum Gasteiger partial charge on any atom is 0.318 e. The Kier molecular flexibility index (Phi) is 2.24. The van der Waals surface area contributed by atoms with Crippen molar-refractivity contribution in [1.82, 2.24) is 0 Å². The molecule has 1 aromatic rings. The Hall–Kier alpha value is -2.15. The van der Waals surface area contributed by atoms with E-state index in [0.29, 0.717) is 6.42 Å². The molecule has 4 nitrogen and oxygen atoms in total. The van der Waals surface area contributed by atoms with Gasteiger partial charge in [-0.3, -0.25) is 10.1 Å². The number of nitro groups is 1. The lowest BCUT2D eigenvalue weighted by molar-refractivity contribution is -0.561. The van der Waals surface area contributed by atoms with Crippen molar-refractivity contribution in [2.75, 3.05) is 0 Å². The Bertz CT molecular complexity index is 561. The second kappa shape index (κ2) is 3.67. The monoisotopic (exact) mass is 240 g/mol. The van der Waals surface area contributed by atoms with Crippen molar-refractivity contribution < 1.29 is 4.92 Å². The van der Waals surface area contributed by atoms with Crippen molar-refractivity contribution in [3.05, 3.63) is 58.2 Å². The summed E-state index contributed by atoms with van der Waals surface area (Å²) in [5, 5.41) is 20.9. The van der Waals surface area contributed by atoms with Crippen LogP contribution >= 0.6 is 0 Å². The minimum absolute atomic E-state index is 0.113. The van der Waals surface area contributed by atoms with Gasteiger partial charge in [0.1, 0.15) is 6.07 Å². The molecule has 0 N–H and O–H groups in total. The van der Waals surface area contributed by atoms with Crippen LogP contribution in [0.2, 0.25) is 0 Å². The lowest BCUT2D eigenvalue weighted by Crippen LogP contribution is -2.46. The van der Waals surface area contributed by atoms with Gasteiger partial charge in [0.2, 0.25) is 0 Å². The normalized spacial score (nSPS) is 36.5. The number of benzene rings is 1. The SMILES string of the molecule is N#CC1([N+](=O)[O-])C2C=CC(C2)C1c1ccccc1. The van der Waals surface area contributed by atoms with E-state index in [9.17, 15) is 15.4 Å². The topological polar surface area (TPSA) is 66.9 Å². The predicted octanol–water partition coefficient (Wildman–Crippen LogP) is 2.52. The first-order valence-corrected chi connectivity index (χ1v) is 5.99. The molecule has 18 heavy (non-hydrogen) atoms. The Morgan fingerprint density at radius 2 is 2.06 bits per heavy atom.